The van der Waals surface area contributed by atoms with Crippen molar-refractivity contribution in [2.24, 2.45) is 5.73 Å². The van der Waals surface area contributed by atoms with E-state index in [4.69, 9.17) is 5.73 Å². The molecule has 5 nitrogen and oxygen atoms in total. The number of H-pyrrole nitrogens is 1. The van der Waals surface area contributed by atoms with Crippen molar-refractivity contribution < 1.29 is 4.79 Å². The summed E-state index contributed by atoms with van der Waals surface area (Å²) in [7, 11) is 0. The molecule has 0 atom stereocenters. The Morgan fingerprint density at radius 1 is 1.44 bits per heavy atom. The van der Waals surface area contributed by atoms with Gasteiger partial charge < -0.3 is 15.6 Å². The molecule has 1 fully saturated rings. The first kappa shape index (κ1) is 10.9. The third kappa shape index (κ3) is 2.14. The molecule has 1 aliphatic heterocycles. The van der Waals surface area contributed by atoms with E-state index in [0.717, 1.165) is 12.8 Å². The number of nitrogens with one attached hydrogen (secondary N) is 1. The Kier molecular flexibility index (Phi) is 3.05. The highest BCUT2D eigenvalue weighted by molar-refractivity contribution is 5.93. The molecule has 0 aliphatic carbocycles. The van der Waals surface area contributed by atoms with Gasteiger partial charge in [0.05, 0.1) is 0 Å². The van der Waals surface area contributed by atoms with Crippen LogP contribution in [-0.4, -0.2) is 34.9 Å². The summed E-state index contributed by atoms with van der Waals surface area (Å²) in [6, 6.07) is 3.39. The second-order valence-corrected chi connectivity index (χ2v) is 4.04. The van der Waals surface area contributed by atoms with Gasteiger partial charge in [-0.15, -0.1) is 0 Å². The number of carbonyl (C=O) groups is 1. The van der Waals surface area contributed by atoms with Crippen molar-refractivity contribution in [1.82, 2.24) is 9.88 Å². The molecule has 0 radical (unpaired) electrons. The van der Waals surface area contributed by atoms with E-state index >= 15 is 0 Å². The summed E-state index contributed by atoms with van der Waals surface area (Å²) in [5.74, 6) is -0.200. The van der Waals surface area contributed by atoms with Crippen molar-refractivity contribution in [2.45, 2.75) is 18.9 Å². The zero-order chi connectivity index (χ0) is 11.5. The minimum Gasteiger partial charge on any atom is -0.338 e. The molecule has 1 aliphatic rings. The molecule has 5 heteroatoms. The quantitative estimate of drug-likeness (QED) is 0.697. The van der Waals surface area contributed by atoms with Gasteiger partial charge in [-0.2, -0.15) is 0 Å². The molecule has 1 amide bonds. The molecule has 16 heavy (non-hydrogen) atoms. The predicted molar refractivity (Wildman–Crippen MR) is 60.2 cm³/mol. The molecule has 0 bridgehead atoms. The summed E-state index contributed by atoms with van der Waals surface area (Å²) in [4.78, 5) is 27.6. The summed E-state index contributed by atoms with van der Waals surface area (Å²) in [5, 5.41) is 0. The third-order valence-corrected chi connectivity index (χ3v) is 2.88. The largest absolute Gasteiger partial charge is 0.338 e. The monoisotopic (exact) mass is 221 g/mol. The molecule has 86 valence electrons. The van der Waals surface area contributed by atoms with E-state index in [-0.39, 0.29) is 23.1 Å². The highest BCUT2D eigenvalue weighted by atomic mass is 16.2. The average molecular weight is 221 g/mol. The number of nitrogens with two attached hydrogens (primary N) is 1. The SMILES string of the molecule is NC1CCN(C(=O)c2ccc[nH]c2=O)CC1. The van der Waals surface area contributed by atoms with Crippen molar-refractivity contribution in [3.63, 3.8) is 0 Å². The Bertz CT molecular complexity index is 433. The third-order valence-electron chi connectivity index (χ3n) is 2.88. The van der Waals surface area contributed by atoms with Crippen molar-refractivity contribution in [3.05, 3.63) is 34.2 Å². The van der Waals surface area contributed by atoms with Gasteiger partial charge in [-0.05, 0) is 25.0 Å². The van der Waals surface area contributed by atoms with E-state index in [0.29, 0.717) is 13.1 Å². The van der Waals surface area contributed by atoms with Crippen LogP contribution >= 0.6 is 0 Å². The van der Waals surface area contributed by atoms with E-state index in [2.05, 4.69) is 4.98 Å². The maximum absolute atomic E-state index is 12.0. The molecule has 1 saturated heterocycles. The summed E-state index contributed by atoms with van der Waals surface area (Å²) >= 11 is 0. The van der Waals surface area contributed by atoms with E-state index in [9.17, 15) is 9.59 Å². The van der Waals surface area contributed by atoms with Crippen molar-refractivity contribution >= 4 is 5.91 Å². The maximum Gasteiger partial charge on any atom is 0.260 e. The van der Waals surface area contributed by atoms with Crippen molar-refractivity contribution in [1.29, 1.82) is 0 Å². The number of likely N-dealkylation sites (tertiary alicyclic amines) is 1. The normalized spacial score (nSPS) is 17.4. The Hall–Kier alpha value is -1.62. The molecule has 0 saturated carbocycles. The van der Waals surface area contributed by atoms with E-state index in [1.165, 1.54) is 6.20 Å². The Morgan fingerprint density at radius 3 is 2.75 bits per heavy atom. The van der Waals surface area contributed by atoms with Gasteiger partial charge in [0.15, 0.2) is 0 Å². The number of pyridine rings is 1. The van der Waals surface area contributed by atoms with Gasteiger partial charge in [-0.1, -0.05) is 0 Å². The fraction of sp³-hybridized carbons (Fsp3) is 0.455. The lowest BCUT2D eigenvalue weighted by atomic mass is 10.1. The average Bonchev–Trinajstić information content (AvgIpc) is 2.30. The molecule has 2 rings (SSSR count). The van der Waals surface area contributed by atoms with Gasteiger partial charge in [-0.3, -0.25) is 9.59 Å². The fourth-order valence-electron chi connectivity index (χ4n) is 1.86. The Morgan fingerprint density at radius 2 is 2.12 bits per heavy atom. The molecular weight excluding hydrogens is 206 g/mol. The van der Waals surface area contributed by atoms with E-state index < -0.39 is 0 Å². The van der Waals surface area contributed by atoms with Crippen LogP contribution < -0.4 is 11.3 Å². The molecule has 1 aromatic rings. The second kappa shape index (κ2) is 4.49. The van der Waals surface area contributed by atoms with Gasteiger partial charge in [0.1, 0.15) is 5.56 Å². The van der Waals surface area contributed by atoms with Crippen LogP contribution in [0.25, 0.3) is 0 Å². The van der Waals surface area contributed by atoms with Gasteiger partial charge in [-0.25, -0.2) is 0 Å². The van der Waals surface area contributed by atoms with E-state index in [1.807, 2.05) is 0 Å². The van der Waals surface area contributed by atoms with Crippen LogP contribution in [0.5, 0.6) is 0 Å². The molecule has 2 heterocycles. The second-order valence-electron chi connectivity index (χ2n) is 4.04. The number of hydrogen-bond acceptors (Lipinski definition) is 3. The molecule has 0 unspecified atom stereocenters. The zero-order valence-electron chi connectivity index (χ0n) is 8.98. The minimum atomic E-state index is -0.331. The summed E-state index contributed by atoms with van der Waals surface area (Å²) in [6.45, 7) is 1.27. The van der Waals surface area contributed by atoms with Crippen LogP contribution in [0.4, 0.5) is 0 Å². The number of rotatable bonds is 1. The number of nitrogens with zero attached hydrogens (tertiary/aromatic N) is 1. The zero-order valence-corrected chi connectivity index (χ0v) is 8.98. The number of hydrogen-bond donors (Lipinski definition) is 2. The number of aromatic nitrogens is 1. The molecule has 1 aromatic heterocycles. The predicted octanol–water partition coefficient (Wildman–Crippen LogP) is -0.0618. The Labute approximate surface area is 93.3 Å². The molecule has 0 aromatic carbocycles. The highest BCUT2D eigenvalue weighted by Gasteiger charge is 2.22. The first-order valence-corrected chi connectivity index (χ1v) is 5.41. The van der Waals surface area contributed by atoms with Gasteiger partial charge in [0.2, 0.25) is 0 Å². The van der Waals surface area contributed by atoms with Crippen LogP contribution in [0.15, 0.2) is 23.1 Å². The lowest BCUT2D eigenvalue weighted by Crippen LogP contribution is -2.44. The molecular formula is C11H15N3O2. The van der Waals surface area contributed by atoms with Crippen LogP contribution in [-0.2, 0) is 0 Å². The summed E-state index contributed by atoms with van der Waals surface area (Å²) < 4.78 is 0. The van der Waals surface area contributed by atoms with Crippen LogP contribution in [0.3, 0.4) is 0 Å². The van der Waals surface area contributed by atoms with Gasteiger partial charge >= 0.3 is 0 Å². The smallest absolute Gasteiger partial charge is 0.260 e. The maximum atomic E-state index is 12.0. The van der Waals surface area contributed by atoms with Crippen LogP contribution in [0.2, 0.25) is 0 Å². The van der Waals surface area contributed by atoms with Gasteiger partial charge in [0, 0.05) is 25.3 Å². The summed E-state index contributed by atoms with van der Waals surface area (Å²) in [5.41, 5.74) is 5.64. The number of aromatic amines is 1. The standard InChI is InChI=1S/C11H15N3O2/c12-8-3-6-14(7-4-8)11(16)9-2-1-5-13-10(9)15/h1-2,5,8H,3-4,6-7,12H2,(H,13,15). The number of amides is 1. The van der Waals surface area contributed by atoms with E-state index in [1.54, 1.807) is 17.0 Å². The topological polar surface area (TPSA) is 79.2 Å². The molecule has 0 spiro atoms. The minimum absolute atomic E-state index is 0.179. The highest BCUT2D eigenvalue weighted by Crippen LogP contribution is 2.10. The first-order valence-electron chi connectivity index (χ1n) is 5.41. The lowest BCUT2D eigenvalue weighted by molar-refractivity contribution is 0.0713. The lowest BCUT2D eigenvalue weighted by Gasteiger charge is -2.29. The Balaban J connectivity index is 2.14. The van der Waals surface area contributed by atoms with Crippen molar-refractivity contribution in [2.75, 3.05) is 13.1 Å². The number of carbonyl (C=O) groups excluding carboxylic acids is 1. The van der Waals surface area contributed by atoms with Gasteiger partial charge in [0.25, 0.3) is 11.5 Å². The first-order chi connectivity index (χ1) is 7.68. The van der Waals surface area contributed by atoms with Crippen molar-refractivity contribution in [3.8, 4) is 0 Å². The molecule has 3 N–H and O–H groups in total. The summed E-state index contributed by atoms with van der Waals surface area (Å²) in [6.07, 6.45) is 3.12. The fourth-order valence-corrected chi connectivity index (χ4v) is 1.86. The number of piperidine rings is 1. The van der Waals surface area contributed by atoms with Crippen LogP contribution in [0.1, 0.15) is 23.2 Å². The van der Waals surface area contributed by atoms with Crippen LogP contribution in [0, 0.1) is 0 Å².